The van der Waals surface area contributed by atoms with Crippen molar-refractivity contribution in [3.63, 3.8) is 0 Å². The van der Waals surface area contributed by atoms with E-state index in [0.717, 1.165) is 25.7 Å². The van der Waals surface area contributed by atoms with Gasteiger partial charge in [0.05, 0.1) is 10.8 Å². The number of aromatic nitrogens is 2. The molecule has 2 heterocycles. The number of carboxylic acids is 1. The van der Waals surface area contributed by atoms with Gasteiger partial charge in [0.2, 0.25) is 11.6 Å². The van der Waals surface area contributed by atoms with Crippen molar-refractivity contribution in [1.82, 2.24) is 9.97 Å². The summed E-state index contributed by atoms with van der Waals surface area (Å²) < 4.78 is 0. The Balaban J connectivity index is 1.82. The molecular formula is C15H21N5O4. The van der Waals surface area contributed by atoms with Crippen molar-refractivity contribution >= 4 is 23.3 Å². The van der Waals surface area contributed by atoms with Crippen molar-refractivity contribution in [1.29, 1.82) is 0 Å². The highest BCUT2D eigenvalue weighted by atomic mass is 16.6. The second-order valence-corrected chi connectivity index (χ2v) is 6.38. The Morgan fingerprint density at radius 3 is 2.50 bits per heavy atom. The maximum absolute atomic E-state index is 11.6. The maximum atomic E-state index is 11.6. The molecule has 24 heavy (non-hydrogen) atoms. The molecule has 0 amide bonds. The minimum absolute atomic E-state index is 0.113. The van der Waals surface area contributed by atoms with Gasteiger partial charge in [-0.2, -0.15) is 0 Å². The second kappa shape index (κ2) is 6.98. The third kappa shape index (κ3) is 3.39. The molecule has 9 heteroatoms. The fourth-order valence-corrected chi connectivity index (χ4v) is 3.48. The number of nitro groups is 1. The van der Waals surface area contributed by atoms with Crippen LogP contribution in [-0.4, -0.2) is 45.1 Å². The molecule has 2 N–H and O–H groups in total. The molecule has 0 bridgehead atoms. The first-order valence-electron chi connectivity index (χ1n) is 8.30. The van der Waals surface area contributed by atoms with Gasteiger partial charge in [0.15, 0.2) is 0 Å². The molecule has 1 aromatic rings. The molecule has 3 rings (SSSR count). The molecule has 1 saturated carbocycles. The van der Waals surface area contributed by atoms with Gasteiger partial charge in [-0.3, -0.25) is 14.9 Å². The Labute approximate surface area is 139 Å². The lowest BCUT2D eigenvalue weighted by Crippen LogP contribution is -2.37. The number of nitrogens with one attached hydrogen (secondary N) is 1. The number of piperidine rings is 1. The van der Waals surface area contributed by atoms with Crippen LogP contribution < -0.4 is 10.2 Å². The first-order valence-corrected chi connectivity index (χ1v) is 8.30. The van der Waals surface area contributed by atoms with Crippen LogP contribution in [0.25, 0.3) is 0 Å². The molecule has 0 unspecified atom stereocenters. The largest absolute Gasteiger partial charge is 0.481 e. The number of aliphatic carboxylic acids is 1. The third-order valence-electron chi connectivity index (χ3n) is 4.83. The number of rotatable bonds is 5. The number of carboxylic acid groups (broad SMARTS) is 1. The summed E-state index contributed by atoms with van der Waals surface area (Å²) >= 11 is 0. The van der Waals surface area contributed by atoms with E-state index in [4.69, 9.17) is 5.11 Å². The van der Waals surface area contributed by atoms with E-state index in [9.17, 15) is 14.9 Å². The minimum Gasteiger partial charge on any atom is -0.481 e. The zero-order chi connectivity index (χ0) is 17.1. The molecule has 1 saturated heterocycles. The van der Waals surface area contributed by atoms with E-state index in [0.29, 0.717) is 25.9 Å². The molecule has 1 aliphatic heterocycles. The minimum atomic E-state index is -0.810. The van der Waals surface area contributed by atoms with Gasteiger partial charge in [-0.25, -0.2) is 9.97 Å². The summed E-state index contributed by atoms with van der Waals surface area (Å²) in [6, 6.07) is 0.212. The zero-order valence-electron chi connectivity index (χ0n) is 13.3. The molecule has 0 radical (unpaired) electrons. The predicted molar refractivity (Wildman–Crippen MR) is 87.1 cm³/mol. The monoisotopic (exact) mass is 335 g/mol. The molecule has 9 nitrogen and oxygen atoms in total. The predicted octanol–water partition coefficient (Wildman–Crippen LogP) is 2.04. The smallest absolute Gasteiger partial charge is 0.353 e. The summed E-state index contributed by atoms with van der Waals surface area (Å²) in [4.78, 5) is 32.2. The summed E-state index contributed by atoms with van der Waals surface area (Å²) in [5.41, 5.74) is -0.113. The van der Waals surface area contributed by atoms with E-state index in [1.54, 1.807) is 4.90 Å². The fourth-order valence-electron chi connectivity index (χ4n) is 3.48. The van der Waals surface area contributed by atoms with Gasteiger partial charge in [-0.1, -0.05) is 12.8 Å². The van der Waals surface area contributed by atoms with E-state index in [-0.39, 0.29) is 23.4 Å². The molecule has 2 aliphatic rings. The van der Waals surface area contributed by atoms with E-state index >= 15 is 0 Å². The normalized spacial score (nSPS) is 19.4. The van der Waals surface area contributed by atoms with Crippen LogP contribution in [0.2, 0.25) is 0 Å². The van der Waals surface area contributed by atoms with Gasteiger partial charge in [0.25, 0.3) is 0 Å². The Hall–Kier alpha value is -2.45. The summed E-state index contributed by atoms with van der Waals surface area (Å²) in [7, 11) is 0. The van der Waals surface area contributed by atoms with Crippen molar-refractivity contribution in [2.24, 2.45) is 5.92 Å². The molecule has 1 aromatic heterocycles. The molecule has 2 fully saturated rings. The Bertz CT molecular complexity index is 624. The van der Waals surface area contributed by atoms with E-state index in [1.165, 1.54) is 6.33 Å². The van der Waals surface area contributed by atoms with Crippen molar-refractivity contribution in [2.45, 2.75) is 44.6 Å². The molecule has 0 spiro atoms. The van der Waals surface area contributed by atoms with Crippen molar-refractivity contribution in [2.75, 3.05) is 23.3 Å². The Kier molecular flexibility index (Phi) is 4.77. The summed E-state index contributed by atoms with van der Waals surface area (Å²) in [5.74, 6) is -0.662. The van der Waals surface area contributed by atoms with Crippen LogP contribution in [0.5, 0.6) is 0 Å². The van der Waals surface area contributed by atoms with Crippen molar-refractivity contribution in [3.8, 4) is 0 Å². The molecule has 130 valence electrons. The fraction of sp³-hybridized carbons (Fsp3) is 0.667. The topological polar surface area (TPSA) is 121 Å². The van der Waals surface area contributed by atoms with E-state index in [1.807, 2.05) is 0 Å². The lowest BCUT2D eigenvalue weighted by atomic mass is 9.97. The zero-order valence-corrected chi connectivity index (χ0v) is 13.3. The van der Waals surface area contributed by atoms with Crippen molar-refractivity contribution in [3.05, 3.63) is 16.4 Å². The SMILES string of the molecule is O=C(O)C1CCN(c2ncnc(NC3CCCC3)c2[N+](=O)[O-])CC1. The highest BCUT2D eigenvalue weighted by Crippen LogP contribution is 2.35. The van der Waals surface area contributed by atoms with Crippen LogP contribution >= 0.6 is 0 Å². The summed E-state index contributed by atoms with van der Waals surface area (Å²) in [6.07, 6.45) is 6.46. The van der Waals surface area contributed by atoms with Crippen LogP contribution in [0, 0.1) is 16.0 Å². The van der Waals surface area contributed by atoms with Crippen LogP contribution in [0.15, 0.2) is 6.33 Å². The van der Waals surface area contributed by atoms with Crippen molar-refractivity contribution < 1.29 is 14.8 Å². The van der Waals surface area contributed by atoms with Crippen LogP contribution in [-0.2, 0) is 4.79 Å². The van der Waals surface area contributed by atoms with Gasteiger partial charge in [0, 0.05) is 19.1 Å². The third-order valence-corrected chi connectivity index (χ3v) is 4.83. The van der Waals surface area contributed by atoms with Gasteiger partial charge in [0.1, 0.15) is 6.33 Å². The van der Waals surface area contributed by atoms with E-state index < -0.39 is 16.8 Å². The number of hydrogen-bond acceptors (Lipinski definition) is 7. The van der Waals surface area contributed by atoms with E-state index in [2.05, 4.69) is 15.3 Å². The maximum Gasteiger partial charge on any atom is 0.353 e. The highest BCUT2D eigenvalue weighted by molar-refractivity contribution is 5.72. The van der Waals surface area contributed by atoms with Gasteiger partial charge < -0.3 is 15.3 Å². The number of nitrogens with zero attached hydrogens (tertiary/aromatic N) is 4. The van der Waals surface area contributed by atoms with Crippen LogP contribution in [0.4, 0.5) is 17.3 Å². The Morgan fingerprint density at radius 2 is 1.92 bits per heavy atom. The highest BCUT2D eigenvalue weighted by Gasteiger charge is 2.32. The standard InChI is InChI=1S/C15H21N5O4/c21-15(22)10-5-7-19(8-6-10)14-12(20(23)24)13(16-9-17-14)18-11-3-1-2-4-11/h9-11H,1-8H2,(H,21,22)(H,16,17,18). The molecule has 0 atom stereocenters. The van der Waals surface area contributed by atoms with Gasteiger partial charge in [-0.05, 0) is 25.7 Å². The molecule has 1 aliphatic carbocycles. The first-order chi connectivity index (χ1) is 11.6. The van der Waals surface area contributed by atoms with Crippen LogP contribution in [0.3, 0.4) is 0 Å². The first kappa shape index (κ1) is 16.4. The van der Waals surface area contributed by atoms with Crippen LogP contribution in [0.1, 0.15) is 38.5 Å². The Morgan fingerprint density at radius 1 is 1.25 bits per heavy atom. The molecular weight excluding hydrogens is 314 g/mol. The molecule has 0 aromatic carbocycles. The lowest BCUT2D eigenvalue weighted by Gasteiger charge is -2.30. The summed E-state index contributed by atoms with van der Waals surface area (Å²) in [6.45, 7) is 0.884. The summed E-state index contributed by atoms with van der Waals surface area (Å²) in [5, 5.41) is 23.9. The number of anilines is 2. The van der Waals surface area contributed by atoms with Gasteiger partial charge >= 0.3 is 11.7 Å². The van der Waals surface area contributed by atoms with Gasteiger partial charge in [-0.15, -0.1) is 0 Å². The second-order valence-electron chi connectivity index (χ2n) is 6.38. The lowest BCUT2D eigenvalue weighted by molar-refractivity contribution is -0.383. The number of hydrogen-bond donors (Lipinski definition) is 2. The average molecular weight is 335 g/mol. The average Bonchev–Trinajstić information content (AvgIpc) is 3.07. The number of carbonyl (C=O) groups is 1. The quantitative estimate of drug-likeness (QED) is 0.619.